The SMILES string of the molecule is CC(Nc1cccc(CN(C)C)c1)C1(C)CC1. The van der Waals surface area contributed by atoms with Crippen LogP contribution < -0.4 is 5.32 Å². The van der Waals surface area contributed by atoms with Crippen LogP contribution >= 0.6 is 0 Å². The number of nitrogens with one attached hydrogen (secondary N) is 1. The van der Waals surface area contributed by atoms with Crippen molar-refractivity contribution in [1.29, 1.82) is 0 Å². The predicted molar refractivity (Wildman–Crippen MR) is 74.3 cm³/mol. The van der Waals surface area contributed by atoms with E-state index < -0.39 is 0 Å². The maximum atomic E-state index is 3.64. The van der Waals surface area contributed by atoms with E-state index >= 15 is 0 Å². The quantitative estimate of drug-likeness (QED) is 0.837. The second kappa shape index (κ2) is 4.69. The van der Waals surface area contributed by atoms with E-state index in [0.717, 1.165) is 6.54 Å². The Morgan fingerprint density at radius 2 is 2.06 bits per heavy atom. The second-order valence-electron chi connectivity index (χ2n) is 5.96. The Morgan fingerprint density at radius 3 is 2.65 bits per heavy atom. The zero-order chi connectivity index (χ0) is 12.5. The molecule has 0 aliphatic heterocycles. The molecule has 1 aliphatic rings. The molecule has 0 spiro atoms. The maximum absolute atomic E-state index is 3.64. The summed E-state index contributed by atoms with van der Waals surface area (Å²) in [5, 5.41) is 3.64. The zero-order valence-electron chi connectivity index (χ0n) is 11.5. The van der Waals surface area contributed by atoms with Gasteiger partial charge in [-0.05, 0) is 57.0 Å². The summed E-state index contributed by atoms with van der Waals surface area (Å²) >= 11 is 0. The number of hydrogen-bond acceptors (Lipinski definition) is 2. The van der Waals surface area contributed by atoms with Gasteiger partial charge in [-0.1, -0.05) is 19.1 Å². The Labute approximate surface area is 105 Å². The Morgan fingerprint density at radius 1 is 1.35 bits per heavy atom. The third-order valence-electron chi connectivity index (χ3n) is 3.89. The van der Waals surface area contributed by atoms with Crippen molar-refractivity contribution in [3.63, 3.8) is 0 Å². The first-order chi connectivity index (χ1) is 7.99. The average Bonchev–Trinajstić information content (AvgIpc) is 2.97. The van der Waals surface area contributed by atoms with Crippen LogP contribution in [-0.4, -0.2) is 25.0 Å². The van der Waals surface area contributed by atoms with Crippen molar-refractivity contribution in [2.75, 3.05) is 19.4 Å². The number of benzene rings is 1. The molecule has 1 saturated carbocycles. The van der Waals surface area contributed by atoms with Gasteiger partial charge in [0.05, 0.1) is 0 Å². The summed E-state index contributed by atoms with van der Waals surface area (Å²) in [4.78, 5) is 2.20. The molecule has 0 heterocycles. The lowest BCUT2D eigenvalue weighted by Crippen LogP contribution is -2.24. The van der Waals surface area contributed by atoms with Crippen LogP contribution in [0.15, 0.2) is 24.3 Å². The van der Waals surface area contributed by atoms with E-state index in [1.165, 1.54) is 24.1 Å². The highest BCUT2D eigenvalue weighted by atomic mass is 15.0. The van der Waals surface area contributed by atoms with Crippen molar-refractivity contribution >= 4 is 5.69 Å². The van der Waals surface area contributed by atoms with Gasteiger partial charge in [-0.3, -0.25) is 0 Å². The molecule has 2 nitrogen and oxygen atoms in total. The van der Waals surface area contributed by atoms with Gasteiger partial charge in [-0.15, -0.1) is 0 Å². The molecule has 1 fully saturated rings. The van der Waals surface area contributed by atoms with Gasteiger partial charge in [-0.25, -0.2) is 0 Å². The van der Waals surface area contributed by atoms with Crippen molar-refractivity contribution in [2.24, 2.45) is 5.41 Å². The van der Waals surface area contributed by atoms with Gasteiger partial charge in [-0.2, -0.15) is 0 Å². The first-order valence-electron chi connectivity index (χ1n) is 6.50. The van der Waals surface area contributed by atoms with Crippen LogP contribution in [0, 0.1) is 5.41 Å². The summed E-state index contributed by atoms with van der Waals surface area (Å²) in [5.74, 6) is 0. The lowest BCUT2D eigenvalue weighted by molar-refractivity contribution is 0.402. The van der Waals surface area contributed by atoms with Gasteiger partial charge in [0.2, 0.25) is 0 Å². The van der Waals surface area contributed by atoms with Crippen LogP contribution in [0.1, 0.15) is 32.3 Å². The highest BCUT2D eigenvalue weighted by molar-refractivity contribution is 5.47. The van der Waals surface area contributed by atoms with Crippen molar-refractivity contribution in [3.8, 4) is 0 Å². The summed E-state index contributed by atoms with van der Waals surface area (Å²) in [5.41, 5.74) is 3.15. The van der Waals surface area contributed by atoms with E-state index in [0.29, 0.717) is 11.5 Å². The highest BCUT2D eigenvalue weighted by Crippen LogP contribution is 2.48. The summed E-state index contributed by atoms with van der Waals surface area (Å²) in [7, 11) is 4.21. The largest absolute Gasteiger partial charge is 0.382 e. The molecule has 1 atom stereocenters. The lowest BCUT2D eigenvalue weighted by Gasteiger charge is -2.22. The smallest absolute Gasteiger partial charge is 0.0345 e. The van der Waals surface area contributed by atoms with E-state index in [9.17, 15) is 0 Å². The molecule has 1 aromatic rings. The molecule has 0 bridgehead atoms. The van der Waals surface area contributed by atoms with E-state index in [-0.39, 0.29) is 0 Å². The minimum Gasteiger partial charge on any atom is -0.382 e. The van der Waals surface area contributed by atoms with Crippen LogP contribution in [0.5, 0.6) is 0 Å². The van der Waals surface area contributed by atoms with Crippen LogP contribution in [0.3, 0.4) is 0 Å². The molecule has 1 aliphatic carbocycles. The molecular weight excluding hydrogens is 208 g/mol. The minimum atomic E-state index is 0.525. The van der Waals surface area contributed by atoms with E-state index in [1.54, 1.807) is 0 Å². The number of hydrogen-bond donors (Lipinski definition) is 1. The van der Waals surface area contributed by atoms with Gasteiger partial charge in [0, 0.05) is 18.3 Å². The molecule has 1 unspecified atom stereocenters. The molecular formula is C15H24N2. The van der Waals surface area contributed by atoms with Gasteiger partial charge in [0.1, 0.15) is 0 Å². The number of nitrogens with zero attached hydrogens (tertiary/aromatic N) is 1. The fourth-order valence-electron chi connectivity index (χ4n) is 2.18. The molecule has 17 heavy (non-hydrogen) atoms. The van der Waals surface area contributed by atoms with Gasteiger partial charge in [0.15, 0.2) is 0 Å². The molecule has 0 saturated heterocycles. The molecule has 0 radical (unpaired) electrons. The van der Waals surface area contributed by atoms with E-state index in [1.807, 2.05) is 0 Å². The molecule has 2 rings (SSSR count). The lowest BCUT2D eigenvalue weighted by atomic mass is 10.0. The van der Waals surface area contributed by atoms with Crippen molar-refractivity contribution < 1.29 is 0 Å². The standard InChI is InChI=1S/C15H24N2/c1-12(15(2)8-9-15)16-14-7-5-6-13(10-14)11-17(3)4/h5-7,10,12,16H,8-9,11H2,1-4H3. The van der Waals surface area contributed by atoms with Gasteiger partial charge >= 0.3 is 0 Å². The molecule has 2 heteroatoms. The first kappa shape index (κ1) is 12.4. The fourth-order valence-corrected chi connectivity index (χ4v) is 2.18. The van der Waals surface area contributed by atoms with Gasteiger partial charge < -0.3 is 10.2 Å². The van der Waals surface area contributed by atoms with E-state index in [4.69, 9.17) is 0 Å². The van der Waals surface area contributed by atoms with Crippen molar-refractivity contribution in [2.45, 2.75) is 39.3 Å². The van der Waals surface area contributed by atoms with Crippen LogP contribution in [0.2, 0.25) is 0 Å². The predicted octanol–water partition coefficient (Wildman–Crippen LogP) is 3.35. The first-order valence-corrected chi connectivity index (χ1v) is 6.50. The zero-order valence-corrected chi connectivity index (χ0v) is 11.5. The van der Waals surface area contributed by atoms with E-state index in [2.05, 4.69) is 62.4 Å². The summed E-state index contributed by atoms with van der Waals surface area (Å²) in [6.45, 7) is 5.67. The number of rotatable bonds is 5. The monoisotopic (exact) mass is 232 g/mol. The summed E-state index contributed by atoms with van der Waals surface area (Å²) < 4.78 is 0. The molecule has 0 amide bonds. The fraction of sp³-hybridized carbons (Fsp3) is 0.600. The number of anilines is 1. The highest BCUT2D eigenvalue weighted by Gasteiger charge is 2.42. The Balaban J connectivity index is 2.00. The molecule has 0 aromatic heterocycles. The summed E-state index contributed by atoms with van der Waals surface area (Å²) in [6.07, 6.45) is 2.72. The van der Waals surface area contributed by atoms with Gasteiger partial charge in [0.25, 0.3) is 0 Å². The normalized spacial score (nSPS) is 19.1. The van der Waals surface area contributed by atoms with Crippen molar-refractivity contribution in [1.82, 2.24) is 4.90 Å². The van der Waals surface area contributed by atoms with Crippen molar-refractivity contribution in [3.05, 3.63) is 29.8 Å². The van der Waals surface area contributed by atoms with Crippen LogP contribution in [0.25, 0.3) is 0 Å². The van der Waals surface area contributed by atoms with Crippen LogP contribution in [-0.2, 0) is 6.54 Å². The third kappa shape index (κ3) is 3.22. The molecule has 1 N–H and O–H groups in total. The van der Waals surface area contributed by atoms with Crippen LogP contribution in [0.4, 0.5) is 5.69 Å². The Kier molecular flexibility index (Phi) is 3.43. The topological polar surface area (TPSA) is 15.3 Å². The third-order valence-corrected chi connectivity index (χ3v) is 3.89. The molecule has 94 valence electrons. The second-order valence-corrected chi connectivity index (χ2v) is 5.96. The Bertz CT molecular complexity index is 380. The summed E-state index contributed by atoms with van der Waals surface area (Å²) in [6, 6.07) is 9.33. The Hall–Kier alpha value is -1.02. The molecule has 1 aromatic carbocycles. The average molecular weight is 232 g/mol. The maximum Gasteiger partial charge on any atom is 0.0345 e. The minimum absolute atomic E-state index is 0.525.